The maximum Gasteiger partial charge on any atom is 0.250 e. The Morgan fingerprint density at radius 2 is 2.00 bits per heavy atom. The highest BCUT2D eigenvalue weighted by Gasteiger charge is 2.12. The number of nitrogens with one attached hydrogen (secondary N) is 1. The summed E-state index contributed by atoms with van der Waals surface area (Å²) < 4.78 is 0. The molecule has 6 heteroatoms. The summed E-state index contributed by atoms with van der Waals surface area (Å²) in [6, 6.07) is 12.5. The van der Waals surface area contributed by atoms with Crippen molar-refractivity contribution in [1.29, 1.82) is 0 Å². The van der Waals surface area contributed by atoms with Gasteiger partial charge in [0.15, 0.2) is 0 Å². The fraction of sp³-hybridized carbons (Fsp3) is 0.176. The summed E-state index contributed by atoms with van der Waals surface area (Å²) in [6.07, 6.45) is 0. The Bertz CT molecular complexity index is 857. The molecule has 0 aliphatic rings. The van der Waals surface area contributed by atoms with Crippen LogP contribution in [0.1, 0.15) is 21.7 Å². The van der Waals surface area contributed by atoms with Gasteiger partial charge in [-0.2, -0.15) is 0 Å². The van der Waals surface area contributed by atoms with E-state index in [1.807, 2.05) is 30.1 Å². The van der Waals surface area contributed by atoms with E-state index >= 15 is 0 Å². The van der Waals surface area contributed by atoms with E-state index in [4.69, 9.17) is 5.73 Å². The van der Waals surface area contributed by atoms with Crippen molar-refractivity contribution in [2.75, 3.05) is 7.05 Å². The number of hydrogen-bond donors (Lipinski definition) is 3. The number of carbonyl (C=O) groups is 1. The predicted octanol–water partition coefficient (Wildman–Crippen LogP) is 2.00. The van der Waals surface area contributed by atoms with Crippen LogP contribution in [0.5, 0.6) is 5.75 Å². The van der Waals surface area contributed by atoms with Gasteiger partial charge < -0.3 is 15.8 Å². The Morgan fingerprint density at radius 3 is 2.74 bits per heavy atom. The lowest BCUT2D eigenvalue weighted by Gasteiger charge is -2.15. The van der Waals surface area contributed by atoms with Gasteiger partial charge in [-0.05, 0) is 25.2 Å². The first-order chi connectivity index (χ1) is 11.0. The molecule has 1 amide bonds. The highest BCUT2D eigenvalue weighted by atomic mass is 16.3. The minimum Gasteiger partial charge on any atom is -0.508 e. The first-order valence-corrected chi connectivity index (χ1v) is 7.27. The first-order valence-electron chi connectivity index (χ1n) is 7.27. The van der Waals surface area contributed by atoms with Crippen LogP contribution in [0.15, 0.2) is 42.5 Å². The van der Waals surface area contributed by atoms with Crippen molar-refractivity contribution >= 4 is 16.9 Å². The number of hydrogen-bond acceptors (Lipinski definition) is 4. The smallest absolute Gasteiger partial charge is 0.250 e. The zero-order chi connectivity index (χ0) is 16.4. The van der Waals surface area contributed by atoms with Crippen molar-refractivity contribution in [3.63, 3.8) is 0 Å². The molecule has 3 aromatic rings. The number of nitrogens with zero attached hydrogens (tertiary/aromatic N) is 2. The van der Waals surface area contributed by atoms with E-state index in [9.17, 15) is 9.90 Å². The lowest BCUT2D eigenvalue weighted by molar-refractivity contribution is 0.100. The van der Waals surface area contributed by atoms with Crippen molar-refractivity contribution in [2.24, 2.45) is 5.73 Å². The van der Waals surface area contributed by atoms with Crippen LogP contribution in [0, 0.1) is 0 Å². The Hall–Kier alpha value is -2.86. The standard InChI is InChI=1S/C17H18N4O2/c1-21(9-11-5-2-3-8-14(11)22)10-15-19-13-7-4-6-12(17(18)23)16(13)20-15/h2-8,22H,9-10H2,1H3,(H2,18,23)(H,19,20). The number of H-pyrrole nitrogens is 1. The zero-order valence-corrected chi connectivity index (χ0v) is 12.8. The Labute approximate surface area is 133 Å². The van der Waals surface area contributed by atoms with Crippen molar-refractivity contribution in [3.05, 3.63) is 59.4 Å². The summed E-state index contributed by atoms with van der Waals surface area (Å²) in [5, 5.41) is 9.84. The molecule has 1 heterocycles. The number of carbonyl (C=O) groups excluding carboxylic acids is 1. The molecule has 0 saturated carbocycles. The maximum absolute atomic E-state index is 11.5. The molecule has 0 atom stereocenters. The number of aromatic nitrogens is 2. The minimum atomic E-state index is -0.490. The third-order valence-corrected chi connectivity index (χ3v) is 3.68. The lowest BCUT2D eigenvalue weighted by Crippen LogP contribution is -2.18. The normalized spacial score (nSPS) is 11.2. The zero-order valence-electron chi connectivity index (χ0n) is 12.8. The highest BCUT2D eigenvalue weighted by Crippen LogP contribution is 2.19. The second-order valence-electron chi connectivity index (χ2n) is 5.55. The summed E-state index contributed by atoms with van der Waals surface area (Å²) in [7, 11) is 1.94. The average Bonchev–Trinajstić information content (AvgIpc) is 2.91. The van der Waals surface area contributed by atoms with Crippen LogP contribution in [-0.4, -0.2) is 32.9 Å². The molecule has 0 fully saturated rings. The third kappa shape index (κ3) is 3.17. The number of phenolic OH excluding ortho intramolecular Hbond substituents is 1. The van der Waals surface area contributed by atoms with E-state index in [2.05, 4.69) is 9.97 Å². The number of aromatic amines is 1. The molecular weight excluding hydrogens is 292 g/mol. The number of amides is 1. The van der Waals surface area contributed by atoms with E-state index < -0.39 is 5.91 Å². The van der Waals surface area contributed by atoms with Gasteiger partial charge in [0.25, 0.3) is 5.91 Å². The van der Waals surface area contributed by atoms with Gasteiger partial charge in [-0.15, -0.1) is 0 Å². The molecule has 1 aromatic heterocycles. The Kier molecular flexibility index (Phi) is 3.99. The van der Waals surface area contributed by atoms with Gasteiger partial charge in [0, 0.05) is 12.1 Å². The summed E-state index contributed by atoms with van der Waals surface area (Å²) in [4.78, 5) is 21.2. The van der Waals surface area contributed by atoms with Crippen molar-refractivity contribution < 1.29 is 9.90 Å². The molecule has 0 radical (unpaired) electrons. The second-order valence-corrected chi connectivity index (χ2v) is 5.55. The lowest BCUT2D eigenvalue weighted by atomic mass is 10.2. The molecule has 2 aromatic carbocycles. The van der Waals surface area contributed by atoms with E-state index in [0.29, 0.717) is 24.2 Å². The van der Waals surface area contributed by atoms with Gasteiger partial charge in [-0.1, -0.05) is 24.3 Å². The fourth-order valence-electron chi connectivity index (χ4n) is 2.60. The van der Waals surface area contributed by atoms with E-state index in [1.165, 1.54) is 0 Å². The summed E-state index contributed by atoms with van der Waals surface area (Å²) in [6.45, 7) is 1.15. The second kappa shape index (κ2) is 6.10. The van der Waals surface area contributed by atoms with Crippen LogP contribution >= 0.6 is 0 Å². The summed E-state index contributed by atoms with van der Waals surface area (Å²) in [5.74, 6) is 0.530. The van der Waals surface area contributed by atoms with Crippen LogP contribution < -0.4 is 5.73 Å². The quantitative estimate of drug-likeness (QED) is 0.671. The van der Waals surface area contributed by atoms with Crippen LogP contribution in [0.2, 0.25) is 0 Å². The van der Waals surface area contributed by atoms with Crippen LogP contribution in [0.4, 0.5) is 0 Å². The first kappa shape index (κ1) is 15.1. The van der Waals surface area contributed by atoms with Gasteiger partial charge in [0.05, 0.1) is 17.6 Å². The number of nitrogens with two attached hydrogens (primary N) is 1. The average molecular weight is 310 g/mol. The van der Waals surface area contributed by atoms with Gasteiger partial charge >= 0.3 is 0 Å². The molecule has 0 spiro atoms. The van der Waals surface area contributed by atoms with E-state index in [0.717, 1.165) is 16.9 Å². The molecular formula is C17H18N4O2. The molecule has 4 N–H and O–H groups in total. The largest absolute Gasteiger partial charge is 0.508 e. The molecule has 23 heavy (non-hydrogen) atoms. The molecule has 3 rings (SSSR count). The van der Waals surface area contributed by atoms with Gasteiger partial charge in [0.1, 0.15) is 17.1 Å². The number of imidazole rings is 1. The molecule has 0 saturated heterocycles. The fourth-order valence-corrected chi connectivity index (χ4v) is 2.60. The van der Waals surface area contributed by atoms with E-state index in [-0.39, 0.29) is 5.75 Å². The molecule has 0 unspecified atom stereocenters. The SMILES string of the molecule is CN(Cc1nc2c(C(N)=O)cccc2[nH]1)Cc1ccccc1O. The molecule has 0 aliphatic carbocycles. The maximum atomic E-state index is 11.5. The van der Waals surface area contributed by atoms with Crippen LogP contribution in [-0.2, 0) is 13.1 Å². The molecule has 0 aliphatic heterocycles. The Balaban J connectivity index is 1.80. The van der Waals surface area contributed by atoms with Crippen molar-refractivity contribution in [3.8, 4) is 5.75 Å². The Morgan fingerprint density at radius 1 is 1.22 bits per heavy atom. The minimum absolute atomic E-state index is 0.278. The van der Waals surface area contributed by atoms with Gasteiger partial charge in [0.2, 0.25) is 0 Å². The number of rotatable bonds is 5. The third-order valence-electron chi connectivity index (χ3n) is 3.68. The summed E-state index contributed by atoms with van der Waals surface area (Å²) in [5.41, 5.74) is 8.01. The van der Waals surface area contributed by atoms with Crippen molar-refractivity contribution in [1.82, 2.24) is 14.9 Å². The highest BCUT2D eigenvalue weighted by molar-refractivity contribution is 6.03. The van der Waals surface area contributed by atoms with Crippen LogP contribution in [0.25, 0.3) is 11.0 Å². The number of primary amides is 1. The topological polar surface area (TPSA) is 95.2 Å². The number of benzene rings is 2. The van der Waals surface area contributed by atoms with Gasteiger partial charge in [-0.3, -0.25) is 9.69 Å². The molecule has 0 bridgehead atoms. The predicted molar refractivity (Wildman–Crippen MR) is 87.9 cm³/mol. The number of fused-ring (bicyclic) bond motifs is 1. The number of aromatic hydroxyl groups is 1. The monoisotopic (exact) mass is 310 g/mol. The van der Waals surface area contributed by atoms with E-state index in [1.54, 1.807) is 24.3 Å². The molecule has 6 nitrogen and oxygen atoms in total. The number of para-hydroxylation sites is 2. The van der Waals surface area contributed by atoms with Gasteiger partial charge in [-0.25, -0.2) is 4.98 Å². The number of phenols is 1. The summed E-state index contributed by atoms with van der Waals surface area (Å²) >= 11 is 0. The van der Waals surface area contributed by atoms with Crippen LogP contribution in [0.3, 0.4) is 0 Å². The van der Waals surface area contributed by atoms with Crippen molar-refractivity contribution in [2.45, 2.75) is 13.1 Å². The molecule has 118 valence electrons.